The molecule has 2 aromatic rings. The van der Waals surface area contributed by atoms with E-state index in [1.807, 2.05) is 0 Å². The van der Waals surface area contributed by atoms with Crippen LogP contribution in [0.2, 0.25) is 0 Å². The number of halogens is 5. The third kappa shape index (κ3) is 3.42. The van der Waals surface area contributed by atoms with Crippen molar-refractivity contribution in [2.24, 2.45) is 0 Å². The summed E-state index contributed by atoms with van der Waals surface area (Å²) in [5.74, 6) is 0.457. The van der Waals surface area contributed by atoms with Gasteiger partial charge in [0.2, 0.25) is 0 Å². The Morgan fingerprint density at radius 2 is 2.11 bits per heavy atom. The third-order valence-electron chi connectivity index (χ3n) is 2.71. The molecule has 1 aromatic heterocycles. The van der Waals surface area contributed by atoms with Gasteiger partial charge in [0.25, 0.3) is 0 Å². The van der Waals surface area contributed by atoms with E-state index in [9.17, 15) is 13.2 Å². The summed E-state index contributed by atoms with van der Waals surface area (Å²) in [7, 11) is 0. The molecule has 0 saturated heterocycles. The first-order chi connectivity index (χ1) is 8.78. The highest BCUT2D eigenvalue weighted by molar-refractivity contribution is 9.10. The second-order valence-electron chi connectivity index (χ2n) is 4.24. The van der Waals surface area contributed by atoms with Gasteiger partial charge < -0.3 is 4.57 Å². The molecule has 0 spiro atoms. The molecular weight excluding hydrogens is 344 g/mol. The van der Waals surface area contributed by atoms with Gasteiger partial charge in [-0.3, -0.25) is 0 Å². The number of nitrogens with zero attached hydrogens (tertiary/aromatic N) is 2. The van der Waals surface area contributed by atoms with Gasteiger partial charge in [-0.15, -0.1) is 11.6 Å². The van der Waals surface area contributed by atoms with E-state index < -0.39 is 18.0 Å². The molecule has 0 aliphatic heterocycles. The molecule has 19 heavy (non-hydrogen) atoms. The Morgan fingerprint density at radius 3 is 2.68 bits per heavy atom. The number of aromatic nitrogens is 2. The lowest BCUT2D eigenvalue weighted by Crippen LogP contribution is -2.14. The summed E-state index contributed by atoms with van der Waals surface area (Å²) >= 11 is 9.30. The van der Waals surface area contributed by atoms with Gasteiger partial charge in [0.05, 0.1) is 22.8 Å². The average molecular weight is 356 g/mol. The molecular formula is C12H11BrClF3N2. The zero-order valence-electron chi connectivity index (χ0n) is 10.0. The van der Waals surface area contributed by atoms with Gasteiger partial charge in [0.15, 0.2) is 0 Å². The van der Waals surface area contributed by atoms with Crippen molar-refractivity contribution in [3.8, 4) is 0 Å². The molecule has 0 bridgehead atoms. The van der Waals surface area contributed by atoms with Crippen molar-refractivity contribution in [3.63, 3.8) is 0 Å². The minimum atomic E-state index is -4.20. The molecule has 2 nitrogen and oxygen atoms in total. The van der Waals surface area contributed by atoms with Crippen LogP contribution < -0.4 is 0 Å². The number of benzene rings is 1. The molecule has 0 aliphatic rings. The monoisotopic (exact) mass is 354 g/mol. The van der Waals surface area contributed by atoms with E-state index in [2.05, 4.69) is 20.9 Å². The van der Waals surface area contributed by atoms with Crippen molar-refractivity contribution in [3.05, 3.63) is 28.5 Å². The Kier molecular flexibility index (Phi) is 4.11. The summed E-state index contributed by atoms with van der Waals surface area (Å²) in [5, 5.41) is -0.445. The smallest absolute Gasteiger partial charge is 0.326 e. The highest BCUT2D eigenvalue weighted by Crippen LogP contribution is 2.29. The number of imidazole rings is 1. The Balaban J connectivity index is 2.48. The number of hydrogen-bond donors (Lipinski definition) is 0. The van der Waals surface area contributed by atoms with Crippen LogP contribution in [0.15, 0.2) is 22.7 Å². The van der Waals surface area contributed by atoms with E-state index in [1.165, 1.54) is 4.57 Å². The standard InChI is InChI=1S/C12H11BrClF3N2/c1-7(14)11-18-9-3-2-8(13)6-10(9)19(11)5-4-12(15,16)17/h2-3,6-7H,4-5H2,1H3. The molecule has 2 rings (SSSR count). The second-order valence-corrected chi connectivity index (χ2v) is 5.81. The summed E-state index contributed by atoms with van der Waals surface area (Å²) in [5.41, 5.74) is 1.30. The number of rotatable bonds is 3. The van der Waals surface area contributed by atoms with E-state index in [-0.39, 0.29) is 6.54 Å². The highest BCUT2D eigenvalue weighted by atomic mass is 79.9. The molecule has 1 unspecified atom stereocenters. The average Bonchev–Trinajstić information content (AvgIpc) is 2.63. The first-order valence-electron chi connectivity index (χ1n) is 5.64. The molecule has 1 aromatic carbocycles. The van der Waals surface area contributed by atoms with Crippen molar-refractivity contribution in [2.75, 3.05) is 0 Å². The Bertz CT molecular complexity index is 592. The minimum Gasteiger partial charge on any atom is -0.326 e. The molecule has 0 N–H and O–H groups in total. The van der Waals surface area contributed by atoms with Crippen LogP contribution in [0.1, 0.15) is 24.5 Å². The maximum atomic E-state index is 12.4. The molecule has 7 heteroatoms. The molecule has 1 atom stereocenters. The summed E-state index contributed by atoms with van der Waals surface area (Å²) in [6, 6.07) is 5.31. The minimum absolute atomic E-state index is 0.178. The SMILES string of the molecule is CC(Cl)c1nc2ccc(Br)cc2n1CCC(F)(F)F. The van der Waals surface area contributed by atoms with Crippen LogP contribution in [-0.4, -0.2) is 15.7 Å². The van der Waals surface area contributed by atoms with Crippen molar-refractivity contribution in [1.29, 1.82) is 0 Å². The fourth-order valence-electron chi connectivity index (χ4n) is 1.89. The Morgan fingerprint density at radius 1 is 1.42 bits per heavy atom. The fraction of sp³-hybridized carbons (Fsp3) is 0.417. The molecule has 0 aliphatic carbocycles. The van der Waals surface area contributed by atoms with Crippen LogP contribution in [0.25, 0.3) is 11.0 Å². The Hall–Kier alpha value is -0.750. The van der Waals surface area contributed by atoms with Gasteiger partial charge in [0.1, 0.15) is 5.82 Å². The number of fused-ring (bicyclic) bond motifs is 1. The number of hydrogen-bond acceptors (Lipinski definition) is 1. The van der Waals surface area contributed by atoms with Crippen molar-refractivity contribution in [2.45, 2.75) is 31.4 Å². The highest BCUT2D eigenvalue weighted by Gasteiger charge is 2.28. The van der Waals surface area contributed by atoms with Gasteiger partial charge in [-0.05, 0) is 25.1 Å². The van der Waals surface area contributed by atoms with E-state index in [1.54, 1.807) is 25.1 Å². The van der Waals surface area contributed by atoms with Crippen molar-refractivity contribution >= 4 is 38.6 Å². The summed E-state index contributed by atoms with van der Waals surface area (Å²) in [6.45, 7) is 1.52. The predicted molar refractivity (Wildman–Crippen MR) is 72.4 cm³/mol. The van der Waals surface area contributed by atoms with Gasteiger partial charge >= 0.3 is 6.18 Å². The van der Waals surface area contributed by atoms with Crippen molar-refractivity contribution < 1.29 is 13.2 Å². The topological polar surface area (TPSA) is 17.8 Å². The van der Waals surface area contributed by atoms with E-state index in [4.69, 9.17) is 11.6 Å². The molecule has 0 saturated carbocycles. The number of aryl methyl sites for hydroxylation is 1. The molecule has 1 heterocycles. The van der Waals surface area contributed by atoms with Gasteiger partial charge in [-0.1, -0.05) is 15.9 Å². The van der Waals surface area contributed by atoms with E-state index >= 15 is 0 Å². The maximum absolute atomic E-state index is 12.4. The van der Waals surface area contributed by atoms with Crippen LogP contribution in [0.4, 0.5) is 13.2 Å². The summed E-state index contributed by atoms with van der Waals surface area (Å²) in [4.78, 5) is 4.30. The lowest BCUT2D eigenvalue weighted by Gasteiger charge is -2.12. The van der Waals surface area contributed by atoms with Gasteiger partial charge in [-0.2, -0.15) is 13.2 Å². The zero-order valence-corrected chi connectivity index (χ0v) is 12.3. The fourth-order valence-corrected chi connectivity index (χ4v) is 2.41. The van der Waals surface area contributed by atoms with Gasteiger partial charge in [0, 0.05) is 11.0 Å². The van der Waals surface area contributed by atoms with Crippen LogP contribution >= 0.6 is 27.5 Å². The second kappa shape index (κ2) is 5.32. The maximum Gasteiger partial charge on any atom is 0.390 e. The molecule has 0 fully saturated rings. The lowest BCUT2D eigenvalue weighted by atomic mass is 10.3. The zero-order chi connectivity index (χ0) is 14.2. The van der Waals surface area contributed by atoms with Crippen LogP contribution in [0, 0.1) is 0 Å². The largest absolute Gasteiger partial charge is 0.390 e. The van der Waals surface area contributed by atoms with Crippen molar-refractivity contribution in [1.82, 2.24) is 9.55 Å². The first kappa shape index (κ1) is 14.7. The first-order valence-corrected chi connectivity index (χ1v) is 6.87. The molecule has 104 valence electrons. The predicted octanol–water partition coefficient (Wildman–Crippen LogP) is 5.05. The lowest BCUT2D eigenvalue weighted by molar-refractivity contribution is -0.136. The van der Waals surface area contributed by atoms with E-state index in [0.717, 1.165) is 4.47 Å². The van der Waals surface area contributed by atoms with Crippen LogP contribution in [-0.2, 0) is 6.54 Å². The Labute approximate surface area is 121 Å². The normalized spacial score (nSPS) is 14.0. The molecule has 0 radical (unpaired) electrons. The van der Waals surface area contributed by atoms with Crippen LogP contribution in [0.5, 0.6) is 0 Å². The third-order valence-corrected chi connectivity index (χ3v) is 3.40. The number of alkyl halides is 4. The quantitative estimate of drug-likeness (QED) is 0.704. The van der Waals surface area contributed by atoms with Crippen LogP contribution in [0.3, 0.4) is 0 Å². The van der Waals surface area contributed by atoms with Gasteiger partial charge in [-0.25, -0.2) is 4.98 Å². The van der Waals surface area contributed by atoms with E-state index in [0.29, 0.717) is 16.9 Å². The summed E-state index contributed by atoms with van der Waals surface area (Å²) < 4.78 is 39.5. The summed E-state index contributed by atoms with van der Waals surface area (Å²) in [6.07, 6.45) is -5.10. The molecule has 0 amide bonds.